The SMILES string of the molecule is CCOCCCNS(=O)(=O)CCCNC1CC1. The lowest BCUT2D eigenvalue weighted by Gasteiger charge is -2.07. The van der Waals surface area contributed by atoms with Gasteiger partial charge in [-0.15, -0.1) is 0 Å². The molecule has 0 atom stereocenters. The van der Waals surface area contributed by atoms with Crippen LogP contribution in [0, 0.1) is 0 Å². The van der Waals surface area contributed by atoms with Gasteiger partial charge in [-0.05, 0) is 39.2 Å². The Labute approximate surface area is 104 Å². The van der Waals surface area contributed by atoms with Gasteiger partial charge in [0.25, 0.3) is 0 Å². The molecule has 0 amide bonds. The van der Waals surface area contributed by atoms with Crippen molar-refractivity contribution in [1.82, 2.24) is 10.0 Å². The Morgan fingerprint density at radius 1 is 1.24 bits per heavy atom. The highest BCUT2D eigenvalue weighted by molar-refractivity contribution is 7.89. The average Bonchev–Trinajstić information content (AvgIpc) is 3.08. The number of ether oxygens (including phenoxy) is 1. The molecule has 1 aliphatic carbocycles. The van der Waals surface area contributed by atoms with Crippen molar-refractivity contribution >= 4 is 10.0 Å². The van der Waals surface area contributed by atoms with Crippen molar-refractivity contribution in [1.29, 1.82) is 0 Å². The van der Waals surface area contributed by atoms with Gasteiger partial charge in [-0.2, -0.15) is 0 Å². The molecule has 1 saturated carbocycles. The van der Waals surface area contributed by atoms with E-state index in [0.717, 1.165) is 13.0 Å². The minimum Gasteiger partial charge on any atom is -0.382 e. The van der Waals surface area contributed by atoms with E-state index in [-0.39, 0.29) is 5.75 Å². The van der Waals surface area contributed by atoms with E-state index in [1.54, 1.807) is 0 Å². The molecule has 0 aromatic heterocycles. The number of rotatable bonds is 11. The fourth-order valence-electron chi connectivity index (χ4n) is 1.47. The lowest BCUT2D eigenvalue weighted by Crippen LogP contribution is -2.30. The molecule has 102 valence electrons. The monoisotopic (exact) mass is 264 g/mol. The number of sulfonamides is 1. The van der Waals surface area contributed by atoms with Crippen molar-refractivity contribution in [2.45, 2.75) is 38.6 Å². The van der Waals surface area contributed by atoms with E-state index in [4.69, 9.17) is 4.74 Å². The van der Waals surface area contributed by atoms with Crippen molar-refractivity contribution in [2.75, 3.05) is 32.1 Å². The van der Waals surface area contributed by atoms with Gasteiger partial charge < -0.3 is 10.1 Å². The molecule has 1 aliphatic rings. The van der Waals surface area contributed by atoms with Crippen molar-refractivity contribution in [3.05, 3.63) is 0 Å². The van der Waals surface area contributed by atoms with Crippen LogP contribution in [-0.2, 0) is 14.8 Å². The van der Waals surface area contributed by atoms with Gasteiger partial charge >= 0.3 is 0 Å². The summed E-state index contributed by atoms with van der Waals surface area (Å²) in [6, 6.07) is 0.650. The lowest BCUT2D eigenvalue weighted by molar-refractivity contribution is 0.146. The highest BCUT2D eigenvalue weighted by Crippen LogP contribution is 2.18. The van der Waals surface area contributed by atoms with Gasteiger partial charge in [0.2, 0.25) is 10.0 Å². The van der Waals surface area contributed by atoms with Gasteiger partial charge in [0.1, 0.15) is 0 Å². The summed E-state index contributed by atoms with van der Waals surface area (Å²) in [5.74, 6) is 0.210. The second-order valence-electron chi connectivity index (χ2n) is 4.35. The summed E-state index contributed by atoms with van der Waals surface area (Å²) in [5.41, 5.74) is 0. The predicted molar refractivity (Wildman–Crippen MR) is 68.5 cm³/mol. The second-order valence-corrected chi connectivity index (χ2v) is 6.27. The summed E-state index contributed by atoms with van der Waals surface area (Å²) in [6.45, 7) is 4.49. The fourth-order valence-corrected chi connectivity index (χ4v) is 2.60. The van der Waals surface area contributed by atoms with Crippen LogP contribution in [0.25, 0.3) is 0 Å². The largest absolute Gasteiger partial charge is 0.382 e. The maximum absolute atomic E-state index is 11.5. The lowest BCUT2D eigenvalue weighted by atomic mass is 10.5. The van der Waals surface area contributed by atoms with Crippen LogP contribution in [0.5, 0.6) is 0 Å². The smallest absolute Gasteiger partial charge is 0.211 e. The van der Waals surface area contributed by atoms with Crippen molar-refractivity contribution in [2.24, 2.45) is 0 Å². The quantitative estimate of drug-likeness (QED) is 0.533. The molecule has 6 heteroatoms. The first-order valence-corrected chi connectivity index (χ1v) is 8.08. The second kappa shape index (κ2) is 8.02. The summed E-state index contributed by atoms with van der Waals surface area (Å²) < 4.78 is 30.8. The summed E-state index contributed by atoms with van der Waals surface area (Å²) in [7, 11) is -3.09. The molecule has 0 spiro atoms. The summed E-state index contributed by atoms with van der Waals surface area (Å²) >= 11 is 0. The summed E-state index contributed by atoms with van der Waals surface area (Å²) in [6.07, 6.45) is 3.88. The predicted octanol–water partition coefficient (Wildman–Crippen LogP) is 0.475. The van der Waals surface area contributed by atoms with Gasteiger partial charge in [0.15, 0.2) is 0 Å². The number of hydrogen-bond donors (Lipinski definition) is 2. The van der Waals surface area contributed by atoms with Crippen LogP contribution >= 0.6 is 0 Å². The molecule has 2 N–H and O–H groups in total. The van der Waals surface area contributed by atoms with Crippen LogP contribution in [0.1, 0.15) is 32.6 Å². The van der Waals surface area contributed by atoms with Gasteiger partial charge in [-0.25, -0.2) is 13.1 Å². The van der Waals surface area contributed by atoms with Crippen molar-refractivity contribution in [3.8, 4) is 0 Å². The van der Waals surface area contributed by atoms with Crippen LogP contribution in [0.2, 0.25) is 0 Å². The van der Waals surface area contributed by atoms with E-state index in [1.165, 1.54) is 12.8 Å². The molecule has 0 aromatic rings. The van der Waals surface area contributed by atoms with E-state index in [0.29, 0.717) is 32.2 Å². The molecule has 0 unspecified atom stereocenters. The van der Waals surface area contributed by atoms with Crippen LogP contribution in [0.3, 0.4) is 0 Å². The van der Waals surface area contributed by atoms with E-state index in [9.17, 15) is 8.42 Å². The van der Waals surface area contributed by atoms with Crippen molar-refractivity contribution in [3.63, 3.8) is 0 Å². The van der Waals surface area contributed by atoms with E-state index >= 15 is 0 Å². The molecule has 0 bridgehead atoms. The molecule has 5 nitrogen and oxygen atoms in total. The van der Waals surface area contributed by atoms with Crippen LogP contribution in [0.15, 0.2) is 0 Å². The minimum atomic E-state index is -3.09. The molecular formula is C11H24N2O3S. The van der Waals surface area contributed by atoms with Crippen LogP contribution in [0.4, 0.5) is 0 Å². The van der Waals surface area contributed by atoms with Gasteiger partial charge in [0, 0.05) is 25.8 Å². The van der Waals surface area contributed by atoms with Crippen LogP contribution in [-0.4, -0.2) is 46.5 Å². The first-order chi connectivity index (χ1) is 8.14. The Morgan fingerprint density at radius 3 is 2.65 bits per heavy atom. The third-order valence-corrected chi connectivity index (χ3v) is 4.06. The minimum absolute atomic E-state index is 0.210. The van der Waals surface area contributed by atoms with Gasteiger partial charge in [-0.3, -0.25) is 0 Å². The molecule has 0 heterocycles. The van der Waals surface area contributed by atoms with Gasteiger partial charge in [0.05, 0.1) is 5.75 Å². The first kappa shape index (κ1) is 14.9. The Kier molecular flexibility index (Phi) is 7.03. The average molecular weight is 264 g/mol. The molecule has 0 saturated heterocycles. The highest BCUT2D eigenvalue weighted by Gasteiger charge is 2.20. The third-order valence-electron chi connectivity index (χ3n) is 2.59. The maximum Gasteiger partial charge on any atom is 0.211 e. The third kappa shape index (κ3) is 8.54. The summed E-state index contributed by atoms with van der Waals surface area (Å²) in [4.78, 5) is 0. The zero-order chi connectivity index (χ0) is 12.6. The zero-order valence-electron chi connectivity index (χ0n) is 10.6. The molecule has 1 rings (SSSR count). The van der Waals surface area contributed by atoms with E-state index in [1.807, 2.05) is 6.92 Å². The molecule has 0 radical (unpaired) electrons. The normalized spacial score (nSPS) is 16.3. The maximum atomic E-state index is 11.5. The fraction of sp³-hybridized carbons (Fsp3) is 1.00. The molecular weight excluding hydrogens is 240 g/mol. The standard InChI is InChI=1S/C11H24N2O3S/c1-2-16-9-3-8-13-17(14,15)10-4-7-12-11-5-6-11/h11-13H,2-10H2,1H3. The Morgan fingerprint density at radius 2 is 2.00 bits per heavy atom. The van der Waals surface area contributed by atoms with Crippen LogP contribution < -0.4 is 10.0 Å². The van der Waals surface area contributed by atoms with E-state index in [2.05, 4.69) is 10.0 Å². The van der Waals surface area contributed by atoms with Gasteiger partial charge in [-0.1, -0.05) is 0 Å². The highest BCUT2D eigenvalue weighted by atomic mass is 32.2. The summed E-state index contributed by atoms with van der Waals surface area (Å²) in [5, 5.41) is 3.30. The topological polar surface area (TPSA) is 67.4 Å². The Bertz CT molecular complexity index is 289. The Balaban J connectivity index is 1.95. The molecule has 0 aliphatic heterocycles. The number of nitrogens with one attached hydrogen (secondary N) is 2. The number of hydrogen-bond acceptors (Lipinski definition) is 4. The molecule has 1 fully saturated rings. The van der Waals surface area contributed by atoms with E-state index < -0.39 is 10.0 Å². The first-order valence-electron chi connectivity index (χ1n) is 6.42. The molecule has 0 aromatic carbocycles. The van der Waals surface area contributed by atoms with Crippen molar-refractivity contribution < 1.29 is 13.2 Å². The zero-order valence-corrected chi connectivity index (χ0v) is 11.4. The Hall–Kier alpha value is -0.170. The molecule has 17 heavy (non-hydrogen) atoms.